The van der Waals surface area contributed by atoms with Gasteiger partial charge in [-0.2, -0.15) is 0 Å². The van der Waals surface area contributed by atoms with Gasteiger partial charge in [0.2, 0.25) is 5.91 Å². The lowest BCUT2D eigenvalue weighted by Gasteiger charge is -2.29. The third-order valence-electron chi connectivity index (χ3n) is 4.25. The van der Waals surface area contributed by atoms with Crippen LogP contribution in [-0.4, -0.2) is 29.9 Å². The second kappa shape index (κ2) is 7.79. The number of amides is 3. The van der Waals surface area contributed by atoms with Crippen LogP contribution in [0.15, 0.2) is 48.5 Å². The molecule has 0 fully saturated rings. The van der Waals surface area contributed by atoms with Gasteiger partial charge in [0.15, 0.2) is 0 Å². The van der Waals surface area contributed by atoms with E-state index in [1.807, 2.05) is 18.2 Å². The van der Waals surface area contributed by atoms with Crippen molar-refractivity contribution in [3.63, 3.8) is 0 Å². The summed E-state index contributed by atoms with van der Waals surface area (Å²) in [6.45, 7) is 1.47. The maximum absolute atomic E-state index is 12.8. The Labute approximate surface area is 145 Å². The molecule has 3 rings (SSSR count). The van der Waals surface area contributed by atoms with Crippen molar-refractivity contribution < 1.29 is 14.0 Å². The number of urea groups is 1. The Balaban J connectivity index is 1.43. The van der Waals surface area contributed by atoms with Crippen molar-refractivity contribution in [2.24, 2.45) is 0 Å². The van der Waals surface area contributed by atoms with Gasteiger partial charge in [-0.1, -0.05) is 36.4 Å². The molecule has 0 aromatic heterocycles. The summed E-state index contributed by atoms with van der Waals surface area (Å²) < 4.78 is 12.8. The first kappa shape index (κ1) is 17.0. The highest BCUT2D eigenvalue weighted by Crippen LogP contribution is 2.18. The van der Waals surface area contributed by atoms with Crippen LogP contribution in [0, 0.1) is 5.82 Å². The van der Waals surface area contributed by atoms with Crippen LogP contribution in [0.2, 0.25) is 0 Å². The Bertz CT molecular complexity index is 762. The van der Waals surface area contributed by atoms with Crippen LogP contribution in [0.1, 0.15) is 16.7 Å². The molecule has 0 bridgehead atoms. The van der Waals surface area contributed by atoms with Gasteiger partial charge in [-0.3, -0.25) is 4.79 Å². The lowest BCUT2D eigenvalue weighted by molar-refractivity contribution is -0.130. The molecule has 25 heavy (non-hydrogen) atoms. The van der Waals surface area contributed by atoms with Gasteiger partial charge >= 0.3 is 6.03 Å². The molecule has 0 saturated carbocycles. The topological polar surface area (TPSA) is 61.4 Å². The highest BCUT2D eigenvalue weighted by molar-refractivity contribution is 5.84. The highest BCUT2D eigenvalue weighted by atomic mass is 19.1. The van der Waals surface area contributed by atoms with E-state index in [4.69, 9.17) is 0 Å². The largest absolute Gasteiger partial charge is 0.336 e. The van der Waals surface area contributed by atoms with Crippen LogP contribution in [0.4, 0.5) is 9.18 Å². The third kappa shape index (κ3) is 4.56. The van der Waals surface area contributed by atoms with Crippen molar-refractivity contribution in [3.8, 4) is 0 Å². The molecule has 0 aliphatic carbocycles. The maximum Gasteiger partial charge on any atom is 0.315 e. The fourth-order valence-electron chi connectivity index (χ4n) is 2.82. The quantitative estimate of drug-likeness (QED) is 0.896. The van der Waals surface area contributed by atoms with Crippen LogP contribution in [0.5, 0.6) is 0 Å². The summed E-state index contributed by atoms with van der Waals surface area (Å²) in [6, 6.07) is 13.5. The van der Waals surface area contributed by atoms with Gasteiger partial charge in [-0.25, -0.2) is 9.18 Å². The molecule has 2 aromatic rings. The smallest absolute Gasteiger partial charge is 0.315 e. The van der Waals surface area contributed by atoms with Gasteiger partial charge in [-0.15, -0.1) is 0 Å². The summed E-state index contributed by atoms with van der Waals surface area (Å²) in [7, 11) is 0. The van der Waals surface area contributed by atoms with Crippen LogP contribution in [0.3, 0.4) is 0 Å². The number of carbonyl (C=O) groups excluding carboxylic acids is 2. The predicted octanol–water partition coefficient (Wildman–Crippen LogP) is 2.21. The number of nitrogens with one attached hydrogen (secondary N) is 2. The molecule has 6 heteroatoms. The van der Waals surface area contributed by atoms with E-state index in [2.05, 4.69) is 16.7 Å². The van der Waals surface area contributed by atoms with Crippen molar-refractivity contribution in [3.05, 3.63) is 71.0 Å². The molecule has 2 N–H and O–H groups in total. The zero-order valence-corrected chi connectivity index (χ0v) is 13.8. The molecule has 0 spiro atoms. The molecule has 0 atom stereocenters. The monoisotopic (exact) mass is 341 g/mol. The van der Waals surface area contributed by atoms with E-state index in [1.54, 1.807) is 17.0 Å². The van der Waals surface area contributed by atoms with Gasteiger partial charge in [0.1, 0.15) is 5.82 Å². The number of carbonyl (C=O) groups is 2. The van der Waals surface area contributed by atoms with E-state index in [1.165, 1.54) is 17.7 Å². The zero-order chi connectivity index (χ0) is 17.6. The van der Waals surface area contributed by atoms with Gasteiger partial charge in [0.05, 0.1) is 6.54 Å². The Hall–Kier alpha value is -2.89. The summed E-state index contributed by atoms with van der Waals surface area (Å²) in [5.74, 6) is -0.423. The number of hydrogen-bond acceptors (Lipinski definition) is 2. The number of benzene rings is 2. The fraction of sp³-hybridized carbons (Fsp3) is 0.263. The minimum Gasteiger partial charge on any atom is -0.336 e. The van der Waals surface area contributed by atoms with E-state index in [-0.39, 0.29) is 24.8 Å². The Morgan fingerprint density at radius 1 is 1.00 bits per heavy atom. The van der Waals surface area contributed by atoms with Gasteiger partial charge in [0, 0.05) is 19.6 Å². The number of hydrogen-bond donors (Lipinski definition) is 2. The summed E-state index contributed by atoms with van der Waals surface area (Å²) in [4.78, 5) is 25.8. The van der Waals surface area contributed by atoms with Gasteiger partial charge in [-0.05, 0) is 35.2 Å². The Morgan fingerprint density at radius 2 is 1.72 bits per heavy atom. The van der Waals surface area contributed by atoms with Gasteiger partial charge < -0.3 is 15.5 Å². The number of rotatable bonds is 4. The van der Waals surface area contributed by atoms with Crippen LogP contribution in [-0.2, 0) is 24.3 Å². The average molecular weight is 341 g/mol. The molecule has 0 unspecified atom stereocenters. The molecule has 130 valence electrons. The normalized spacial score (nSPS) is 13.1. The molecule has 0 radical (unpaired) electrons. The minimum atomic E-state index is -0.421. The Morgan fingerprint density at radius 3 is 2.48 bits per heavy atom. The molecule has 0 saturated heterocycles. The molecular weight excluding hydrogens is 321 g/mol. The lowest BCUT2D eigenvalue weighted by Crippen LogP contribution is -2.45. The van der Waals surface area contributed by atoms with E-state index in [0.717, 1.165) is 17.5 Å². The SMILES string of the molecule is O=C(NCC(=O)N1CCc2ccccc2C1)NCc1ccc(F)cc1. The summed E-state index contributed by atoms with van der Waals surface area (Å²) in [6.07, 6.45) is 0.832. The van der Waals surface area contributed by atoms with Crippen molar-refractivity contribution in [2.45, 2.75) is 19.5 Å². The first-order valence-corrected chi connectivity index (χ1v) is 8.22. The second-order valence-corrected chi connectivity index (χ2v) is 6.00. The average Bonchev–Trinajstić information content (AvgIpc) is 2.65. The summed E-state index contributed by atoms with van der Waals surface area (Å²) in [5, 5.41) is 5.22. The van der Waals surface area contributed by atoms with E-state index >= 15 is 0 Å². The molecule has 5 nitrogen and oxygen atoms in total. The molecule has 3 amide bonds. The molecule has 1 aliphatic rings. The lowest BCUT2D eigenvalue weighted by atomic mass is 10.00. The van der Waals surface area contributed by atoms with Crippen molar-refractivity contribution in [2.75, 3.05) is 13.1 Å². The van der Waals surface area contributed by atoms with Gasteiger partial charge in [0.25, 0.3) is 0 Å². The predicted molar refractivity (Wildman–Crippen MR) is 92.2 cm³/mol. The van der Waals surface area contributed by atoms with E-state index in [0.29, 0.717) is 13.1 Å². The third-order valence-corrected chi connectivity index (χ3v) is 4.25. The maximum atomic E-state index is 12.8. The molecule has 2 aromatic carbocycles. The molecule has 1 heterocycles. The van der Waals surface area contributed by atoms with Crippen LogP contribution >= 0.6 is 0 Å². The van der Waals surface area contributed by atoms with E-state index < -0.39 is 6.03 Å². The molecular formula is C19H20FN3O2. The number of fused-ring (bicyclic) bond motifs is 1. The van der Waals surface area contributed by atoms with E-state index in [9.17, 15) is 14.0 Å². The fourth-order valence-corrected chi connectivity index (χ4v) is 2.82. The van der Waals surface area contributed by atoms with Crippen molar-refractivity contribution >= 4 is 11.9 Å². The summed E-state index contributed by atoms with van der Waals surface area (Å²) >= 11 is 0. The Kier molecular flexibility index (Phi) is 5.28. The second-order valence-electron chi connectivity index (χ2n) is 6.00. The molecule has 1 aliphatic heterocycles. The van der Waals surface area contributed by atoms with Crippen molar-refractivity contribution in [1.82, 2.24) is 15.5 Å². The number of nitrogens with zero attached hydrogens (tertiary/aromatic N) is 1. The van der Waals surface area contributed by atoms with Crippen LogP contribution < -0.4 is 10.6 Å². The number of halogens is 1. The van der Waals surface area contributed by atoms with Crippen LogP contribution in [0.25, 0.3) is 0 Å². The summed E-state index contributed by atoms with van der Waals surface area (Å²) in [5.41, 5.74) is 3.22. The first-order chi connectivity index (χ1) is 12.1. The highest BCUT2D eigenvalue weighted by Gasteiger charge is 2.20. The first-order valence-electron chi connectivity index (χ1n) is 8.22. The minimum absolute atomic E-state index is 0.0442. The standard InChI is InChI=1S/C19H20FN3O2/c20-17-7-5-14(6-8-17)11-21-19(25)22-12-18(24)23-10-9-15-3-1-2-4-16(15)13-23/h1-8H,9-13H2,(H2,21,22,25). The zero-order valence-electron chi connectivity index (χ0n) is 13.8. The van der Waals surface area contributed by atoms with Crippen molar-refractivity contribution in [1.29, 1.82) is 0 Å².